The summed E-state index contributed by atoms with van der Waals surface area (Å²) < 4.78 is 8.08. The van der Waals surface area contributed by atoms with E-state index in [1.807, 2.05) is 25.3 Å². The number of carbonyl (C=O) groups excluding carboxylic acids is 1. The zero-order valence-electron chi connectivity index (χ0n) is 15.4. The highest BCUT2D eigenvalue weighted by Crippen LogP contribution is 2.28. The average molecular weight is 373 g/mol. The van der Waals surface area contributed by atoms with Gasteiger partial charge in [-0.1, -0.05) is 12.1 Å². The molecule has 3 aromatic rings. The number of nitrogens with one attached hydrogen (secondary N) is 1. The molecule has 1 aliphatic rings. The van der Waals surface area contributed by atoms with Crippen LogP contribution in [0.4, 0.5) is 11.5 Å². The molecule has 0 fully saturated rings. The van der Waals surface area contributed by atoms with E-state index in [1.165, 1.54) is 0 Å². The van der Waals surface area contributed by atoms with Gasteiger partial charge < -0.3 is 14.6 Å². The zero-order chi connectivity index (χ0) is 19.5. The molecule has 0 saturated heterocycles. The summed E-state index contributed by atoms with van der Waals surface area (Å²) in [6.07, 6.45) is 5.32. The fourth-order valence-corrected chi connectivity index (χ4v) is 3.23. The molecule has 1 N–H and O–H groups in total. The van der Waals surface area contributed by atoms with Crippen molar-refractivity contribution in [3.05, 3.63) is 65.8 Å². The topological polar surface area (TPSA) is 73.4 Å². The molecule has 0 radical (unpaired) electrons. The molecule has 3 heterocycles. The largest absolute Gasteiger partial charge is 0.490 e. The van der Waals surface area contributed by atoms with E-state index in [4.69, 9.17) is 11.3 Å². The van der Waals surface area contributed by atoms with Crippen molar-refractivity contribution in [2.24, 2.45) is 0 Å². The number of ether oxygens (including phenoxy) is 1. The van der Waals surface area contributed by atoms with Crippen molar-refractivity contribution in [3.8, 4) is 17.3 Å². The van der Waals surface area contributed by atoms with Gasteiger partial charge in [0.15, 0.2) is 11.5 Å². The van der Waals surface area contributed by atoms with E-state index in [0.29, 0.717) is 28.5 Å². The highest BCUT2D eigenvalue weighted by Gasteiger charge is 2.18. The maximum absolute atomic E-state index is 12.9. The van der Waals surface area contributed by atoms with Gasteiger partial charge in [-0.05, 0) is 44.0 Å². The van der Waals surface area contributed by atoms with Crippen molar-refractivity contribution in [1.82, 2.24) is 14.5 Å². The molecule has 1 amide bonds. The van der Waals surface area contributed by atoms with Gasteiger partial charge in [0.25, 0.3) is 5.91 Å². The fourth-order valence-electron chi connectivity index (χ4n) is 3.23. The van der Waals surface area contributed by atoms with Crippen LogP contribution in [0.3, 0.4) is 0 Å². The molecule has 2 bridgehead atoms. The number of fused-ring (bicyclic) bond motifs is 5. The molecule has 7 heteroatoms. The van der Waals surface area contributed by atoms with E-state index >= 15 is 0 Å². The molecule has 0 saturated carbocycles. The number of benzene rings is 1. The van der Waals surface area contributed by atoms with E-state index in [2.05, 4.69) is 24.7 Å². The molecule has 140 valence electrons. The van der Waals surface area contributed by atoms with Crippen LogP contribution < -0.4 is 10.1 Å². The maximum Gasteiger partial charge on any atom is 0.259 e. The molecular formula is C21H19N5O2. The summed E-state index contributed by atoms with van der Waals surface area (Å²) in [6, 6.07) is 10.3. The Kier molecular flexibility index (Phi) is 4.77. The number of nitrogens with zero attached hydrogens (tertiary/aromatic N) is 4. The normalized spacial score (nSPS) is 16.6. The summed E-state index contributed by atoms with van der Waals surface area (Å²) in [4.78, 5) is 25.3. The second-order valence-corrected chi connectivity index (χ2v) is 6.67. The third kappa shape index (κ3) is 3.58. The minimum absolute atomic E-state index is 0.0730. The Bertz CT molecular complexity index is 1070. The number of anilines is 1. The lowest BCUT2D eigenvalue weighted by molar-refractivity contribution is 0.101. The first kappa shape index (κ1) is 17.7. The molecule has 7 nitrogen and oxygen atoms in total. The molecule has 0 unspecified atom stereocenters. The zero-order valence-corrected chi connectivity index (χ0v) is 15.4. The maximum atomic E-state index is 12.9. The van der Waals surface area contributed by atoms with Crippen LogP contribution in [0.5, 0.6) is 5.75 Å². The Morgan fingerprint density at radius 3 is 3.07 bits per heavy atom. The first-order valence-corrected chi connectivity index (χ1v) is 9.12. The smallest absolute Gasteiger partial charge is 0.259 e. The van der Waals surface area contributed by atoms with Gasteiger partial charge in [0, 0.05) is 18.9 Å². The number of hydrogen-bond donors (Lipinski definition) is 1. The van der Waals surface area contributed by atoms with Crippen LogP contribution in [0, 0.1) is 6.57 Å². The van der Waals surface area contributed by atoms with Crippen molar-refractivity contribution in [2.75, 3.05) is 5.32 Å². The lowest BCUT2D eigenvalue weighted by Crippen LogP contribution is -2.19. The Labute approximate surface area is 162 Å². The van der Waals surface area contributed by atoms with E-state index in [0.717, 1.165) is 25.2 Å². The van der Waals surface area contributed by atoms with Crippen LogP contribution in [0.15, 0.2) is 48.8 Å². The van der Waals surface area contributed by atoms with Gasteiger partial charge in [-0.15, -0.1) is 0 Å². The minimum Gasteiger partial charge on any atom is -0.490 e. The van der Waals surface area contributed by atoms with Crippen molar-refractivity contribution in [1.29, 1.82) is 0 Å². The quantitative estimate of drug-likeness (QED) is 0.596. The SMILES string of the molecule is [C-]#[N+]c1ccc2c(c1)C(=O)Nc1cccc(n1)-c1nccn1CCC[C@H](C)O2. The summed E-state index contributed by atoms with van der Waals surface area (Å²) >= 11 is 0. The van der Waals surface area contributed by atoms with Crippen LogP contribution in [0.2, 0.25) is 0 Å². The van der Waals surface area contributed by atoms with E-state index < -0.39 is 0 Å². The Balaban J connectivity index is 1.77. The third-order valence-electron chi connectivity index (χ3n) is 4.61. The molecule has 1 aliphatic heterocycles. The van der Waals surface area contributed by atoms with Crippen LogP contribution in [-0.4, -0.2) is 26.5 Å². The summed E-state index contributed by atoms with van der Waals surface area (Å²) in [6.45, 7) is 10.0. The number of rotatable bonds is 0. The van der Waals surface area contributed by atoms with Crippen molar-refractivity contribution in [3.63, 3.8) is 0 Å². The lowest BCUT2D eigenvalue weighted by Gasteiger charge is -2.19. The summed E-state index contributed by atoms with van der Waals surface area (Å²) in [5.74, 6) is 1.28. The third-order valence-corrected chi connectivity index (χ3v) is 4.61. The highest BCUT2D eigenvalue weighted by molar-refractivity contribution is 6.06. The van der Waals surface area contributed by atoms with Crippen molar-refractivity contribution >= 4 is 17.4 Å². The van der Waals surface area contributed by atoms with Gasteiger partial charge in [0.2, 0.25) is 0 Å². The van der Waals surface area contributed by atoms with E-state index in [-0.39, 0.29) is 12.0 Å². The predicted octanol–water partition coefficient (Wildman–Crippen LogP) is 4.31. The molecule has 2 aromatic heterocycles. The van der Waals surface area contributed by atoms with Crippen LogP contribution in [-0.2, 0) is 6.54 Å². The first-order valence-electron chi connectivity index (χ1n) is 9.12. The Morgan fingerprint density at radius 1 is 1.32 bits per heavy atom. The number of hydrogen-bond acceptors (Lipinski definition) is 4. The standard InChI is InChI=1S/C21H19N5O2/c1-14-5-4-11-26-12-10-23-20(26)17-6-3-7-19(24-17)25-21(27)16-13-15(22-2)8-9-18(16)28-14/h3,6-10,12-14H,4-5,11H2,1H3,(H,24,25,27)/t14-/m0/s1. The second-order valence-electron chi connectivity index (χ2n) is 6.67. The monoisotopic (exact) mass is 373 g/mol. The molecule has 4 rings (SSSR count). The van der Waals surface area contributed by atoms with Crippen LogP contribution >= 0.6 is 0 Å². The second kappa shape index (κ2) is 7.53. The van der Waals surface area contributed by atoms with Crippen molar-refractivity contribution in [2.45, 2.75) is 32.4 Å². The molecule has 0 spiro atoms. The lowest BCUT2D eigenvalue weighted by atomic mass is 10.1. The molecular weight excluding hydrogens is 354 g/mol. The molecule has 28 heavy (non-hydrogen) atoms. The number of aromatic nitrogens is 3. The number of imidazole rings is 1. The molecule has 1 aromatic carbocycles. The van der Waals surface area contributed by atoms with Gasteiger partial charge in [0.05, 0.1) is 18.2 Å². The Hall–Kier alpha value is -3.66. The number of carbonyl (C=O) groups is 1. The van der Waals surface area contributed by atoms with Crippen LogP contribution in [0.1, 0.15) is 30.1 Å². The van der Waals surface area contributed by atoms with Gasteiger partial charge >= 0.3 is 0 Å². The highest BCUT2D eigenvalue weighted by atomic mass is 16.5. The van der Waals surface area contributed by atoms with Gasteiger partial charge in [0.1, 0.15) is 17.3 Å². The van der Waals surface area contributed by atoms with Gasteiger partial charge in [-0.2, -0.15) is 0 Å². The first-order chi connectivity index (χ1) is 13.6. The molecule has 0 aliphatic carbocycles. The van der Waals surface area contributed by atoms with Crippen molar-refractivity contribution < 1.29 is 9.53 Å². The Morgan fingerprint density at radius 2 is 2.21 bits per heavy atom. The molecule has 1 atom stereocenters. The van der Waals surface area contributed by atoms with Gasteiger partial charge in [-0.3, -0.25) is 4.79 Å². The van der Waals surface area contributed by atoms with E-state index in [9.17, 15) is 4.79 Å². The summed E-state index contributed by atoms with van der Waals surface area (Å²) in [5, 5.41) is 2.81. The van der Waals surface area contributed by atoms with E-state index in [1.54, 1.807) is 30.5 Å². The number of aryl methyl sites for hydroxylation is 1. The summed E-state index contributed by atoms with van der Waals surface area (Å²) in [7, 11) is 0. The number of pyridine rings is 1. The summed E-state index contributed by atoms with van der Waals surface area (Å²) in [5.41, 5.74) is 1.40. The fraction of sp³-hybridized carbons (Fsp3) is 0.238. The number of amides is 1. The minimum atomic E-state index is -0.363. The predicted molar refractivity (Wildman–Crippen MR) is 105 cm³/mol. The average Bonchev–Trinajstić information content (AvgIpc) is 3.16. The van der Waals surface area contributed by atoms with Crippen LogP contribution in [0.25, 0.3) is 16.4 Å². The van der Waals surface area contributed by atoms with Gasteiger partial charge in [-0.25, -0.2) is 14.8 Å².